The van der Waals surface area contributed by atoms with E-state index in [0.717, 1.165) is 23.9 Å². The van der Waals surface area contributed by atoms with E-state index in [1.165, 1.54) is 19.1 Å². The Morgan fingerprint density at radius 1 is 1.18 bits per heavy atom. The minimum Gasteiger partial charge on any atom is -0.324 e. The molecule has 1 aromatic heterocycles. The molecule has 0 aliphatic heterocycles. The highest BCUT2D eigenvalue weighted by atomic mass is 35.5. The number of anilines is 1. The van der Waals surface area contributed by atoms with E-state index in [-0.39, 0.29) is 21.3 Å². The summed E-state index contributed by atoms with van der Waals surface area (Å²) in [5.41, 5.74) is 0.325. The minimum atomic E-state index is -4.72. The largest absolute Gasteiger partial charge is 0.451 e. The summed E-state index contributed by atoms with van der Waals surface area (Å²) in [5.74, 6) is -2.35. The lowest BCUT2D eigenvalue weighted by Gasteiger charge is -2.15. The number of hydrogen-bond donors (Lipinski definition) is 1. The number of nitrogens with zero attached hydrogens (tertiary/aromatic N) is 2. The van der Waals surface area contributed by atoms with Crippen LogP contribution in [-0.2, 0) is 11.0 Å². The van der Waals surface area contributed by atoms with E-state index in [0.29, 0.717) is 5.39 Å². The van der Waals surface area contributed by atoms with Crippen molar-refractivity contribution >= 4 is 45.9 Å². The van der Waals surface area contributed by atoms with Crippen LogP contribution in [0.25, 0.3) is 10.9 Å². The Morgan fingerprint density at radius 2 is 1.89 bits per heavy atom. The lowest BCUT2D eigenvalue weighted by molar-refractivity contribution is -0.145. The molecule has 0 aliphatic carbocycles. The molecule has 28 heavy (non-hydrogen) atoms. The number of thioether (sulfide) groups is 1. The molecule has 3 aromatic rings. The Morgan fingerprint density at radius 3 is 2.57 bits per heavy atom. The maximum atomic E-state index is 13.1. The van der Waals surface area contributed by atoms with E-state index in [2.05, 4.69) is 15.3 Å². The number of alkyl halides is 3. The number of fused-ring (bicyclic) bond motifs is 1. The van der Waals surface area contributed by atoms with Crippen molar-refractivity contribution in [1.29, 1.82) is 0 Å². The smallest absolute Gasteiger partial charge is 0.324 e. The number of nitrogens with one attached hydrogen (secondary N) is 1. The van der Waals surface area contributed by atoms with Crippen LogP contribution < -0.4 is 5.32 Å². The second-order valence-electron chi connectivity index (χ2n) is 5.74. The van der Waals surface area contributed by atoms with E-state index in [1.807, 2.05) is 0 Å². The fraction of sp³-hybridized carbons (Fsp3) is 0.167. The Hall–Kier alpha value is -2.39. The van der Waals surface area contributed by atoms with Gasteiger partial charge in [0.15, 0.2) is 0 Å². The summed E-state index contributed by atoms with van der Waals surface area (Å²) >= 11 is 6.74. The van der Waals surface area contributed by atoms with Gasteiger partial charge in [0, 0.05) is 5.39 Å². The van der Waals surface area contributed by atoms with Gasteiger partial charge in [-0.2, -0.15) is 13.2 Å². The van der Waals surface area contributed by atoms with Gasteiger partial charge < -0.3 is 5.32 Å². The average molecular weight is 430 g/mol. The van der Waals surface area contributed by atoms with Crippen LogP contribution in [0.2, 0.25) is 5.02 Å². The monoisotopic (exact) mass is 429 g/mol. The van der Waals surface area contributed by atoms with Crippen LogP contribution in [0.5, 0.6) is 0 Å². The predicted molar refractivity (Wildman–Crippen MR) is 99.9 cm³/mol. The Kier molecular flexibility index (Phi) is 5.76. The number of rotatable bonds is 4. The molecular weight excluding hydrogens is 418 g/mol. The molecule has 0 unspecified atom stereocenters. The highest BCUT2D eigenvalue weighted by molar-refractivity contribution is 8.00. The molecule has 4 nitrogen and oxygen atoms in total. The molecule has 3 rings (SSSR count). The maximum Gasteiger partial charge on any atom is 0.451 e. The van der Waals surface area contributed by atoms with Crippen LogP contribution in [0.1, 0.15) is 12.7 Å². The fourth-order valence-electron chi connectivity index (χ4n) is 2.31. The molecule has 0 radical (unpaired) electrons. The van der Waals surface area contributed by atoms with Gasteiger partial charge in [-0.3, -0.25) is 4.79 Å². The lowest BCUT2D eigenvalue weighted by Crippen LogP contribution is -2.23. The first-order chi connectivity index (χ1) is 13.1. The van der Waals surface area contributed by atoms with Gasteiger partial charge in [-0.1, -0.05) is 41.6 Å². The molecule has 1 N–H and O–H groups in total. The number of amides is 1. The zero-order valence-electron chi connectivity index (χ0n) is 14.2. The van der Waals surface area contributed by atoms with Gasteiger partial charge in [-0.05, 0) is 31.2 Å². The Balaban J connectivity index is 1.87. The molecule has 2 aromatic carbocycles. The van der Waals surface area contributed by atoms with Crippen molar-refractivity contribution in [2.45, 2.75) is 23.4 Å². The summed E-state index contributed by atoms with van der Waals surface area (Å²) in [6.07, 6.45) is -4.72. The fourth-order valence-corrected chi connectivity index (χ4v) is 3.46. The molecule has 0 fully saturated rings. The van der Waals surface area contributed by atoms with Gasteiger partial charge in [-0.25, -0.2) is 14.4 Å². The van der Waals surface area contributed by atoms with Crippen molar-refractivity contribution in [2.24, 2.45) is 0 Å². The van der Waals surface area contributed by atoms with Crippen molar-refractivity contribution in [3.8, 4) is 0 Å². The third-order valence-electron chi connectivity index (χ3n) is 3.67. The summed E-state index contributed by atoms with van der Waals surface area (Å²) in [4.78, 5) is 19.6. The number of aromatic nitrogens is 2. The molecule has 0 saturated heterocycles. The first-order valence-corrected chi connectivity index (χ1v) is 9.17. The number of carbonyl (C=O) groups excluding carboxylic acids is 1. The molecule has 10 heteroatoms. The van der Waals surface area contributed by atoms with E-state index in [1.54, 1.807) is 18.2 Å². The van der Waals surface area contributed by atoms with Gasteiger partial charge in [0.2, 0.25) is 11.7 Å². The quantitative estimate of drug-likeness (QED) is 0.335. The normalized spacial score (nSPS) is 12.8. The lowest BCUT2D eigenvalue weighted by atomic mass is 10.2. The van der Waals surface area contributed by atoms with Gasteiger partial charge in [0.05, 0.1) is 21.5 Å². The summed E-state index contributed by atoms with van der Waals surface area (Å²) in [7, 11) is 0. The van der Waals surface area contributed by atoms with Crippen LogP contribution >= 0.6 is 23.4 Å². The third-order valence-corrected chi connectivity index (χ3v) is 5.08. The first kappa shape index (κ1) is 20.3. The van der Waals surface area contributed by atoms with Gasteiger partial charge >= 0.3 is 6.18 Å². The van der Waals surface area contributed by atoms with E-state index in [9.17, 15) is 22.4 Å². The highest BCUT2D eigenvalue weighted by Gasteiger charge is 2.36. The molecule has 0 bridgehead atoms. The third kappa shape index (κ3) is 4.53. The van der Waals surface area contributed by atoms with Gasteiger partial charge in [-0.15, -0.1) is 0 Å². The summed E-state index contributed by atoms with van der Waals surface area (Å²) in [5, 5.41) is 2.17. The molecule has 1 atom stereocenters. The molecule has 0 saturated carbocycles. The van der Waals surface area contributed by atoms with Crippen LogP contribution in [0.15, 0.2) is 47.5 Å². The van der Waals surface area contributed by atoms with Crippen molar-refractivity contribution in [1.82, 2.24) is 9.97 Å². The van der Waals surface area contributed by atoms with Crippen LogP contribution in [0, 0.1) is 5.82 Å². The van der Waals surface area contributed by atoms with Crippen LogP contribution in [0.4, 0.5) is 23.2 Å². The molecule has 0 aliphatic rings. The second kappa shape index (κ2) is 7.92. The molecule has 0 spiro atoms. The molecule has 1 amide bonds. The van der Waals surface area contributed by atoms with Gasteiger partial charge in [0.25, 0.3) is 0 Å². The number of hydrogen-bond acceptors (Lipinski definition) is 4. The van der Waals surface area contributed by atoms with Gasteiger partial charge in [0.1, 0.15) is 10.8 Å². The molecule has 1 heterocycles. The minimum absolute atomic E-state index is 0.0115. The summed E-state index contributed by atoms with van der Waals surface area (Å²) < 4.78 is 52.4. The zero-order valence-corrected chi connectivity index (χ0v) is 15.8. The summed E-state index contributed by atoms with van der Waals surface area (Å²) in [6, 6.07) is 9.71. The first-order valence-electron chi connectivity index (χ1n) is 7.91. The molecule has 146 valence electrons. The highest BCUT2D eigenvalue weighted by Crippen LogP contribution is 2.34. The maximum absolute atomic E-state index is 13.1. The average Bonchev–Trinajstić information content (AvgIpc) is 2.63. The second-order valence-corrected chi connectivity index (χ2v) is 7.48. The number of halogens is 5. The predicted octanol–water partition coefficient (Wildman–Crippen LogP) is 5.56. The van der Waals surface area contributed by atoms with E-state index in [4.69, 9.17) is 11.6 Å². The van der Waals surface area contributed by atoms with Crippen molar-refractivity contribution in [2.75, 3.05) is 5.32 Å². The Labute approximate surface area is 166 Å². The standard InChI is InChI=1S/C18H12ClF4N3OS/c1-9(15(27)24-14-7-6-10(20)8-12(14)19)28-16-11-4-2-3-5-13(11)25-17(26-16)18(21,22)23/h2-9H,1H3,(H,24,27)/t9-/m1/s1. The number of para-hydroxylation sites is 1. The molecular formula is C18H12ClF4N3OS. The van der Waals surface area contributed by atoms with E-state index >= 15 is 0 Å². The number of carbonyl (C=O) groups is 1. The van der Waals surface area contributed by atoms with Crippen LogP contribution in [-0.4, -0.2) is 21.1 Å². The van der Waals surface area contributed by atoms with E-state index < -0.39 is 29.0 Å². The summed E-state index contributed by atoms with van der Waals surface area (Å²) in [6.45, 7) is 1.52. The van der Waals surface area contributed by atoms with Crippen LogP contribution in [0.3, 0.4) is 0 Å². The van der Waals surface area contributed by atoms with Crippen molar-refractivity contribution < 1.29 is 22.4 Å². The zero-order chi connectivity index (χ0) is 20.5. The topological polar surface area (TPSA) is 54.9 Å². The Bertz CT molecular complexity index is 1050. The van der Waals surface area contributed by atoms with Crippen molar-refractivity contribution in [3.05, 3.63) is 59.1 Å². The SMILES string of the molecule is C[C@@H](Sc1nc(C(F)(F)F)nc2ccccc12)C(=O)Nc1ccc(F)cc1Cl. The number of benzene rings is 2. The van der Waals surface area contributed by atoms with Crippen molar-refractivity contribution in [3.63, 3.8) is 0 Å².